The number of aromatic carboxylic acids is 1. The predicted octanol–water partition coefficient (Wildman–Crippen LogP) is 4.95. The second kappa shape index (κ2) is 12.0. The second-order valence-electron chi connectivity index (χ2n) is 8.60. The summed E-state index contributed by atoms with van der Waals surface area (Å²) < 4.78 is 0. The minimum Gasteiger partial charge on any atom is -0.477 e. The van der Waals surface area contributed by atoms with Crippen LogP contribution in [-0.4, -0.2) is 45.7 Å². The van der Waals surface area contributed by atoms with Crippen LogP contribution in [0.1, 0.15) is 59.1 Å². The van der Waals surface area contributed by atoms with Crippen LogP contribution in [0.15, 0.2) is 54.6 Å². The van der Waals surface area contributed by atoms with E-state index in [4.69, 9.17) is 5.11 Å². The van der Waals surface area contributed by atoms with Crippen molar-refractivity contribution in [2.75, 3.05) is 6.54 Å². The van der Waals surface area contributed by atoms with Crippen LogP contribution in [0.3, 0.4) is 0 Å². The van der Waals surface area contributed by atoms with Gasteiger partial charge in [0.2, 0.25) is 5.91 Å². The minimum atomic E-state index is -0.894. The van der Waals surface area contributed by atoms with Crippen molar-refractivity contribution in [3.8, 4) is 0 Å². The molecule has 6 heteroatoms. The summed E-state index contributed by atoms with van der Waals surface area (Å²) in [5, 5.41) is 19.6. The van der Waals surface area contributed by atoms with Crippen molar-refractivity contribution >= 4 is 23.2 Å². The number of likely N-dealkylation sites (tertiary alicyclic amines) is 1. The number of thiophene rings is 1. The molecule has 5 nitrogen and oxygen atoms in total. The summed E-state index contributed by atoms with van der Waals surface area (Å²) >= 11 is 1.30. The average molecular weight is 456 g/mol. The summed E-state index contributed by atoms with van der Waals surface area (Å²) in [5.41, 5.74) is 1.33. The molecule has 1 aromatic carbocycles. The van der Waals surface area contributed by atoms with Crippen LogP contribution in [0.25, 0.3) is 0 Å². The van der Waals surface area contributed by atoms with E-state index in [-0.39, 0.29) is 17.9 Å². The molecule has 3 rings (SSSR count). The molecule has 0 spiro atoms. The lowest BCUT2D eigenvalue weighted by Crippen LogP contribution is -2.33. The topological polar surface area (TPSA) is 77.8 Å². The number of hydrogen-bond acceptors (Lipinski definition) is 4. The molecule has 3 atom stereocenters. The number of amides is 1. The molecule has 1 aliphatic heterocycles. The van der Waals surface area contributed by atoms with Crippen molar-refractivity contribution in [3.05, 3.63) is 69.9 Å². The van der Waals surface area contributed by atoms with Crippen LogP contribution in [0.5, 0.6) is 0 Å². The first-order chi connectivity index (χ1) is 15.4. The van der Waals surface area contributed by atoms with Crippen LogP contribution >= 0.6 is 11.3 Å². The number of hydrogen-bond donors (Lipinski definition) is 2. The molecule has 0 unspecified atom stereocenters. The summed E-state index contributed by atoms with van der Waals surface area (Å²) in [5.74, 6) is -0.570. The third-order valence-electron chi connectivity index (χ3n) is 6.15. The van der Waals surface area contributed by atoms with Gasteiger partial charge in [0.05, 0.1) is 12.1 Å². The number of carbonyl (C=O) groups is 2. The molecule has 1 aromatic heterocycles. The fraction of sp³-hybridized carbons (Fsp3) is 0.462. The van der Waals surface area contributed by atoms with Gasteiger partial charge in [0, 0.05) is 17.8 Å². The molecule has 32 heavy (non-hydrogen) atoms. The third kappa shape index (κ3) is 7.04. The minimum absolute atomic E-state index is 0.0339. The zero-order chi connectivity index (χ0) is 22.9. The van der Waals surface area contributed by atoms with E-state index in [1.165, 1.54) is 16.9 Å². The first-order valence-electron chi connectivity index (χ1n) is 11.5. The SMILES string of the molecule is C[C@@H](CCCc1ccccc1)[C@@H](O)C=C[C@H]1CCC(=O)N1CCCc1ccc(C(=O)O)s1. The van der Waals surface area contributed by atoms with Crippen LogP contribution < -0.4 is 0 Å². The molecule has 1 amide bonds. The van der Waals surface area contributed by atoms with Gasteiger partial charge in [-0.3, -0.25) is 4.79 Å². The molecule has 1 saturated heterocycles. The Balaban J connectivity index is 1.43. The molecule has 1 aliphatic rings. The lowest BCUT2D eigenvalue weighted by atomic mass is 9.95. The van der Waals surface area contributed by atoms with Gasteiger partial charge in [0.25, 0.3) is 0 Å². The summed E-state index contributed by atoms with van der Waals surface area (Å²) in [6.07, 6.45) is 9.25. The summed E-state index contributed by atoms with van der Waals surface area (Å²) in [6, 6.07) is 13.9. The standard InChI is InChI=1S/C26H33NO4S/c1-19(7-5-10-20-8-3-2-4-9-20)23(28)15-12-21-13-17-25(29)27(21)18-6-11-22-14-16-24(32-22)26(30)31/h2-4,8-9,12,14-16,19,21,23,28H,5-7,10-11,13,17-18H2,1H3,(H,30,31)/t19-,21-,23-/m0/s1. The molecule has 0 bridgehead atoms. The maximum Gasteiger partial charge on any atom is 0.345 e. The number of aliphatic hydroxyl groups excluding tert-OH is 1. The largest absolute Gasteiger partial charge is 0.477 e. The predicted molar refractivity (Wildman–Crippen MR) is 128 cm³/mol. The molecule has 2 aromatic rings. The van der Waals surface area contributed by atoms with Crippen molar-refractivity contribution in [2.45, 2.75) is 64.0 Å². The monoisotopic (exact) mass is 455 g/mol. The third-order valence-corrected chi connectivity index (χ3v) is 7.28. The Kier molecular flexibility index (Phi) is 9.06. The summed E-state index contributed by atoms with van der Waals surface area (Å²) in [6.45, 7) is 2.72. The number of aryl methyl sites for hydroxylation is 2. The lowest BCUT2D eigenvalue weighted by molar-refractivity contribution is -0.128. The zero-order valence-corrected chi connectivity index (χ0v) is 19.5. The second-order valence-corrected chi connectivity index (χ2v) is 9.77. The van der Waals surface area contributed by atoms with Crippen molar-refractivity contribution in [2.24, 2.45) is 5.92 Å². The molecule has 2 N–H and O–H groups in total. The van der Waals surface area contributed by atoms with Crippen molar-refractivity contribution in [3.63, 3.8) is 0 Å². The van der Waals surface area contributed by atoms with Gasteiger partial charge in [0.15, 0.2) is 0 Å². The molecule has 0 saturated carbocycles. The van der Waals surface area contributed by atoms with Gasteiger partial charge in [0.1, 0.15) is 4.88 Å². The molecule has 2 heterocycles. The Morgan fingerprint density at radius 1 is 1.19 bits per heavy atom. The highest BCUT2D eigenvalue weighted by molar-refractivity contribution is 7.13. The lowest BCUT2D eigenvalue weighted by Gasteiger charge is -2.23. The van der Waals surface area contributed by atoms with Gasteiger partial charge in [-0.05, 0) is 62.1 Å². The Morgan fingerprint density at radius 3 is 2.69 bits per heavy atom. The van der Waals surface area contributed by atoms with E-state index >= 15 is 0 Å². The van der Waals surface area contributed by atoms with Gasteiger partial charge in [-0.25, -0.2) is 4.79 Å². The molecular weight excluding hydrogens is 422 g/mol. The van der Waals surface area contributed by atoms with Gasteiger partial charge >= 0.3 is 5.97 Å². The Labute approximate surface area is 194 Å². The maximum absolute atomic E-state index is 12.3. The van der Waals surface area contributed by atoms with Gasteiger partial charge in [-0.1, -0.05) is 49.4 Å². The van der Waals surface area contributed by atoms with Crippen molar-refractivity contribution in [1.82, 2.24) is 4.90 Å². The first kappa shape index (κ1) is 24.2. The van der Waals surface area contributed by atoms with E-state index in [1.54, 1.807) is 6.07 Å². The number of aliphatic hydroxyl groups is 1. The smallest absolute Gasteiger partial charge is 0.345 e. The van der Waals surface area contributed by atoms with E-state index in [0.29, 0.717) is 17.8 Å². The number of carboxylic acid groups (broad SMARTS) is 1. The van der Waals surface area contributed by atoms with Crippen LogP contribution in [-0.2, 0) is 17.6 Å². The highest BCUT2D eigenvalue weighted by atomic mass is 32.1. The highest BCUT2D eigenvalue weighted by Gasteiger charge is 2.28. The fourth-order valence-corrected chi connectivity index (χ4v) is 5.06. The Morgan fingerprint density at radius 2 is 1.97 bits per heavy atom. The van der Waals surface area contributed by atoms with Crippen LogP contribution in [0, 0.1) is 5.92 Å². The number of carbonyl (C=O) groups excluding carboxylic acids is 1. The van der Waals surface area contributed by atoms with E-state index in [2.05, 4.69) is 31.2 Å². The molecular formula is C26H33NO4S. The summed E-state index contributed by atoms with van der Waals surface area (Å²) in [7, 11) is 0. The van der Waals surface area contributed by atoms with Crippen molar-refractivity contribution < 1.29 is 19.8 Å². The summed E-state index contributed by atoms with van der Waals surface area (Å²) in [4.78, 5) is 26.6. The van der Waals surface area contributed by atoms with E-state index in [0.717, 1.165) is 43.4 Å². The van der Waals surface area contributed by atoms with E-state index in [1.807, 2.05) is 29.2 Å². The van der Waals surface area contributed by atoms with E-state index in [9.17, 15) is 14.7 Å². The molecule has 1 fully saturated rings. The molecule has 0 aliphatic carbocycles. The number of nitrogens with zero attached hydrogens (tertiary/aromatic N) is 1. The number of benzene rings is 1. The quantitative estimate of drug-likeness (QED) is 0.444. The zero-order valence-electron chi connectivity index (χ0n) is 18.7. The fourth-order valence-electron chi connectivity index (χ4n) is 4.17. The Hall–Kier alpha value is -2.44. The molecule has 172 valence electrons. The normalized spacial score (nSPS) is 18.4. The number of carboxylic acids is 1. The van der Waals surface area contributed by atoms with Gasteiger partial charge < -0.3 is 15.1 Å². The maximum atomic E-state index is 12.3. The van der Waals surface area contributed by atoms with Crippen LogP contribution in [0.2, 0.25) is 0 Å². The van der Waals surface area contributed by atoms with Crippen LogP contribution in [0.4, 0.5) is 0 Å². The average Bonchev–Trinajstić information content (AvgIpc) is 3.40. The molecule has 0 radical (unpaired) electrons. The first-order valence-corrected chi connectivity index (χ1v) is 12.3. The van der Waals surface area contributed by atoms with Crippen molar-refractivity contribution in [1.29, 1.82) is 0 Å². The highest BCUT2D eigenvalue weighted by Crippen LogP contribution is 2.23. The van der Waals surface area contributed by atoms with E-state index < -0.39 is 12.1 Å². The Bertz CT molecular complexity index is 908. The van der Waals surface area contributed by atoms with Gasteiger partial charge in [-0.15, -0.1) is 11.3 Å². The van der Waals surface area contributed by atoms with Gasteiger partial charge in [-0.2, -0.15) is 0 Å². The number of rotatable bonds is 12.